The Bertz CT molecular complexity index is 355. The molecule has 1 amide bonds. The number of hydrogen-bond acceptors (Lipinski definition) is 5. The maximum atomic E-state index is 10.8. The van der Waals surface area contributed by atoms with Gasteiger partial charge in [-0.1, -0.05) is 0 Å². The first-order valence-electron chi connectivity index (χ1n) is 4.18. The van der Waals surface area contributed by atoms with E-state index in [4.69, 9.17) is 10.8 Å². The molecule has 1 aromatic rings. The number of primary amides is 1. The fraction of sp³-hybridized carbons (Fsp3) is 0.429. The van der Waals surface area contributed by atoms with Crippen molar-refractivity contribution in [2.24, 2.45) is 5.73 Å². The molecular formula is C7H10N4O4. The lowest BCUT2D eigenvalue weighted by molar-refractivity contribution is -0.390. The van der Waals surface area contributed by atoms with Crippen LogP contribution >= 0.6 is 0 Å². The van der Waals surface area contributed by atoms with E-state index < -0.39 is 16.6 Å². The summed E-state index contributed by atoms with van der Waals surface area (Å²) in [5.41, 5.74) is 4.72. The molecule has 0 fully saturated rings. The molecule has 0 aliphatic heterocycles. The fourth-order valence-electron chi connectivity index (χ4n) is 1.07. The Labute approximate surface area is 84.4 Å². The van der Waals surface area contributed by atoms with Crippen LogP contribution in [-0.4, -0.2) is 32.3 Å². The number of aliphatic hydroxyl groups is 1. The molecule has 0 saturated carbocycles. The topological polar surface area (TPSA) is 124 Å². The highest BCUT2D eigenvalue weighted by atomic mass is 16.6. The standard InChI is InChI=1S/C7H10N4O4/c8-6(13)5-4-10(2-1-3-12)9-7(5)11(14)15/h4,12H,1-3H2,(H2,8,13). The van der Waals surface area contributed by atoms with Crippen molar-refractivity contribution in [3.63, 3.8) is 0 Å². The number of nitro groups is 1. The first-order chi connectivity index (χ1) is 7.06. The highest BCUT2D eigenvalue weighted by Gasteiger charge is 2.24. The number of amides is 1. The fourth-order valence-corrected chi connectivity index (χ4v) is 1.07. The van der Waals surface area contributed by atoms with Gasteiger partial charge in [0.1, 0.15) is 0 Å². The van der Waals surface area contributed by atoms with Crippen molar-refractivity contribution in [2.75, 3.05) is 6.61 Å². The van der Waals surface area contributed by atoms with E-state index in [1.807, 2.05) is 0 Å². The summed E-state index contributed by atoms with van der Waals surface area (Å²) in [4.78, 5) is 20.5. The van der Waals surface area contributed by atoms with E-state index in [2.05, 4.69) is 5.10 Å². The van der Waals surface area contributed by atoms with E-state index in [0.717, 1.165) is 0 Å². The van der Waals surface area contributed by atoms with Crippen molar-refractivity contribution < 1.29 is 14.8 Å². The van der Waals surface area contributed by atoms with Crippen LogP contribution in [0.1, 0.15) is 16.8 Å². The van der Waals surface area contributed by atoms with Crippen LogP contribution in [0.4, 0.5) is 5.82 Å². The van der Waals surface area contributed by atoms with Crippen molar-refractivity contribution >= 4 is 11.7 Å². The third-order valence-corrected chi connectivity index (χ3v) is 1.73. The van der Waals surface area contributed by atoms with Crippen molar-refractivity contribution in [1.29, 1.82) is 0 Å². The van der Waals surface area contributed by atoms with Crippen molar-refractivity contribution in [3.05, 3.63) is 21.9 Å². The molecule has 1 heterocycles. The number of nitrogens with two attached hydrogens (primary N) is 1. The number of rotatable bonds is 5. The van der Waals surface area contributed by atoms with Crippen molar-refractivity contribution in [1.82, 2.24) is 9.78 Å². The smallest absolute Gasteiger partial charge is 0.396 e. The zero-order valence-electron chi connectivity index (χ0n) is 7.79. The third-order valence-electron chi connectivity index (χ3n) is 1.73. The normalized spacial score (nSPS) is 10.2. The summed E-state index contributed by atoms with van der Waals surface area (Å²) in [6.45, 7) is 0.240. The van der Waals surface area contributed by atoms with Gasteiger partial charge >= 0.3 is 5.82 Å². The number of nitrogens with zero attached hydrogens (tertiary/aromatic N) is 3. The number of aliphatic hydroxyl groups excluding tert-OH is 1. The Kier molecular flexibility index (Phi) is 3.34. The van der Waals surface area contributed by atoms with Crippen LogP contribution in [0, 0.1) is 10.1 Å². The largest absolute Gasteiger partial charge is 0.402 e. The molecule has 0 radical (unpaired) electrons. The zero-order chi connectivity index (χ0) is 11.4. The van der Waals surface area contributed by atoms with Crippen LogP contribution in [0.15, 0.2) is 6.20 Å². The summed E-state index contributed by atoms with van der Waals surface area (Å²) >= 11 is 0. The van der Waals surface area contributed by atoms with E-state index in [0.29, 0.717) is 13.0 Å². The molecule has 1 rings (SSSR count). The van der Waals surface area contributed by atoms with E-state index in [9.17, 15) is 14.9 Å². The number of hydrogen-bond donors (Lipinski definition) is 2. The Balaban J connectivity index is 2.98. The van der Waals surface area contributed by atoms with Crippen LogP contribution in [-0.2, 0) is 6.54 Å². The molecule has 8 nitrogen and oxygen atoms in total. The second-order valence-corrected chi connectivity index (χ2v) is 2.83. The maximum Gasteiger partial charge on any atom is 0.402 e. The molecular weight excluding hydrogens is 204 g/mol. The summed E-state index contributed by atoms with van der Waals surface area (Å²) in [6, 6.07) is 0. The monoisotopic (exact) mass is 214 g/mol. The van der Waals surface area contributed by atoms with Crippen LogP contribution < -0.4 is 5.73 Å². The molecule has 0 aliphatic carbocycles. The Hall–Kier alpha value is -1.96. The minimum atomic E-state index is -0.892. The van der Waals surface area contributed by atoms with Gasteiger partial charge in [0.25, 0.3) is 5.91 Å². The van der Waals surface area contributed by atoms with Crippen molar-refractivity contribution in [2.45, 2.75) is 13.0 Å². The second kappa shape index (κ2) is 4.51. The first kappa shape index (κ1) is 11.1. The van der Waals surface area contributed by atoms with E-state index >= 15 is 0 Å². The van der Waals surface area contributed by atoms with Crippen molar-refractivity contribution in [3.8, 4) is 0 Å². The number of aryl methyl sites for hydroxylation is 1. The number of aromatic nitrogens is 2. The SMILES string of the molecule is NC(=O)c1cn(CCCO)nc1[N+](=O)[O-]. The Morgan fingerprint density at radius 1 is 1.73 bits per heavy atom. The molecule has 15 heavy (non-hydrogen) atoms. The lowest BCUT2D eigenvalue weighted by atomic mass is 10.3. The van der Waals surface area contributed by atoms with Gasteiger partial charge in [-0.15, -0.1) is 0 Å². The van der Waals surface area contributed by atoms with E-state index in [-0.39, 0.29) is 12.2 Å². The van der Waals surface area contributed by atoms with Gasteiger partial charge in [0.2, 0.25) is 0 Å². The maximum absolute atomic E-state index is 10.8. The first-order valence-corrected chi connectivity index (χ1v) is 4.18. The van der Waals surface area contributed by atoms with E-state index in [1.54, 1.807) is 0 Å². The molecule has 82 valence electrons. The molecule has 3 N–H and O–H groups in total. The van der Waals surface area contributed by atoms with Gasteiger partial charge in [0.15, 0.2) is 5.56 Å². The molecule has 0 atom stereocenters. The minimum absolute atomic E-state index is 0.0560. The Morgan fingerprint density at radius 3 is 2.80 bits per heavy atom. The quantitative estimate of drug-likeness (QED) is 0.494. The van der Waals surface area contributed by atoms with Gasteiger partial charge in [-0.3, -0.25) is 4.79 Å². The molecule has 8 heteroatoms. The molecule has 0 unspecified atom stereocenters. The zero-order valence-corrected chi connectivity index (χ0v) is 7.79. The lowest BCUT2D eigenvalue weighted by Crippen LogP contribution is -2.11. The second-order valence-electron chi connectivity index (χ2n) is 2.83. The summed E-state index contributed by atoms with van der Waals surface area (Å²) in [5, 5.41) is 22.6. The summed E-state index contributed by atoms with van der Waals surface area (Å²) in [7, 11) is 0. The third kappa shape index (κ3) is 2.50. The predicted octanol–water partition coefficient (Wildman–Crippen LogP) is -0.727. The van der Waals surface area contributed by atoms with Gasteiger partial charge in [0, 0.05) is 6.61 Å². The van der Waals surface area contributed by atoms with Crippen LogP contribution in [0.5, 0.6) is 0 Å². The lowest BCUT2D eigenvalue weighted by Gasteiger charge is -1.91. The molecule has 0 spiro atoms. The molecule has 0 bridgehead atoms. The van der Waals surface area contributed by atoms with Crippen LogP contribution in [0.2, 0.25) is 0 Å². The molecule has 1 aromatic heterocycles. The van der Waals surface area contributed by atoms with Crippen LogP contribution in [0.25, 0.3) is 0 Å². The van der Waals surface area contributed by atoms with E-state index in [1.165, 1.54) is 10.9 Å². The minimum Gasteiger partial charge on any atom is -0.396 e. The van der Waals surface area contributed by atoms with Gasteiger partial charge in [-0.05, 0) is 11.3 Å². The molecule has 0 saturated heterocycles. The summed E-state index contributed by atoms with van der Waals surface area (Å²) < 4.78 is 1.22. The molecule has 0 aromatic carbocycles. The molecule has 0 aliphatic rings. The predicted molar refractivity (Wildman–Crippen MR) is 49.1 cm³/mol. The summed E-state index contributed by atoms with van der Waals surface area (Å²) in [6.07, 6.45) is 1.60. The van der Waals surface area contributed by atoms with Gasteiger partial charge in [-0.25, -0.2) is 0 Å². The Morgan fingerprint density at radius 2 is 2.40 bits per heavy atom. The average Bonchev–Trinajstić information content (AvgIpc) is 2.58. The van der Waals surface area contributed by atoms with Gasteiger partial charge < -0.3 is 21.0 Å². The van der Waals surface area contributed by atoms with Gasteiger partial charge in [-0.2, -0.15) is 4.68 Å². The number of carbonyl (C=O) groups is 1. The summed E-state index contributed by atoms with van der Waals surface area (Å²) in [5.74, 6) is -1.45. The highest BCUT2D eigenvalue weighted by molar-refractivity contribution is 5.95. The average molecular weight is 214 g/mol. The van der Waals surface area contributed by atoms with Gasteiger partial charge in [0.05, 0.1) is 17.8 Å². The number of carbonyl (C=O) groups excluding carboxylic acids is 1. The van der Waals surface area contributed by atoms with Crippen LogP contribution in [0.3, 0.4) is 0 Å². The highest BCUT2D eigenvalue weighted by Crippen LogP contribution is 2.14.